The van der Waals surface area contributed by atoms with Gasteiger partial charge in [-0.15, -0.1) is 22.9 Å². The molecule has 0 amide bonds. The van der Waals surface area contributed by atoms with Crippen LogP contribution in [0, 0.1) is 12.7 Å². The molecule has 0 saturated heterocycles. The van der Waals surface area contributed by atoms with Crippen LogP contribution in [0.2, 0.25) is 0 Å². The summed E-state index contributed by atoms with van der Waals surface area (Å²) in [6.45, 7) is 1.98. The molecule has 1 nitrogen and oxygen atoms in total. The Labute approximate surface area is 123 Å². The largest absolute Gasteiger partial charge is 0.497 e. The minimum Gasteiger partial charge on any atom is -0.497 e. The zero-order chi connectivity index (χ0) is 13.3. The molecule has 96 valence electrons. The number of aryl methyl sites for hydroxylation is 1. The van der Waals surface area contributed by atoms with E-state index in [0.29, 0.717) is 11.3 Å². The van der Waals surface area contributed by atoms with Crippen LogP contribution >= 0.6 is 38.9 Å². The maximum Gasteiger partial charge on any atom is 0.131 e. The molecule has 18 heavy (non-hydrogen) atoms. The van der Waals surface area contributed by atoms with Crippen LogP contribution in [0.1, 0.15) is 21.4 Å². The van der Waals surface area contributed by atoms with Crippen LogP contribution in [0.3, 0.4) is 0 Å². The summed E-state index contributed by atoms with van der Waals surface area (Å²) in [7, 11) is 1.51. The lowest BCUT2D eigenvalue weighted by atomic mass is 10.1. The Kier molecular flexibility index (Phi) is 4.30. The Bertz CT molecular complexity index is 551. The maximum absolute atomic E-state index is 13.9. The van der Waals surface area contributed by atoms with Crippen molar-refractivity contribution in [2.75, 3.05) is 7.11 Å². The Morgan fingerprint density at radius 3 is 2.61 bits per heavy atom. The molecule has 2 aromatic rings. The number of ether oxygens (including phenoxy) is 1. The number of hydrogen-bond acceptors (Lipinski definition) is 2. The van der Waals surface area contributed by atoms with Crippen molar-refractivity contribution in [3.05, 3.63) is 49.9 Å². The molecule has 0 aliphatic heterocycles. The van der Waals surface area contributed by atoms with Gasteiger partial charge in [-0.3, -0.25) is 0 Å². The number of halogens is 3. The summed E-state index contributed by atoms with van der Waals surface area (Å²) in [5, 5.41) is -0.481. The van der Waals surface area contributed by atoms with Crippen LogP contribution < -0.4 is 4.74 Å². The summed E-state index contributed by atoms with van der Waals surface area (Å²) in [6, 6.07) is 6.69. The quantitative estimate of drug-likeness (QED) is 0.684. The van der Waals surface area contributed by atoms with Crippen LogP contribution in [0.25, 0.3) is 0 Å². The molecule has 0 fully saturated rings. The molecule has 0 bridgehead atoms. The number of methoxy groups -OCH3 is 1. The zero-order valence-electron chi connectivity index (χ0n) is 9.84. The maximum atomic E-state index is 13.9. The smallest absolute Gasteiger partial charge is 0.131 e. The fourth-order valence-corrected chi connectivity index (χ4v) is 3.54. The van der Waals surface area contributed by atoms with Crippen molar-refractivity contribution in [3.63, 3.8) is 0 Å². The topological polar surface area (TPSA) is 9.23 Å². The van der Waals surface area contributed by atoms with E-state index in [2.05, 4.69) is 15.9 Å². The molecule has 0 N–H and O–H groups in total. The van der Waals surface area contributed by atoms with Crippen molar-refractivity contribution in [2.45, 2.75) is 12.3 Å². The van der Waals surface area contributed by atoms with Gasteiger partial charge in [-0.05, 0) is 40.5 Å². The van der Waals surface area contributed by atoms with Gasteiger partial charge in [0, 0.05) is 16.5 Å². The highest BCUT2D eigenvalue weighted by molar-refractivity contribution is 9.11. The van der Waals surface area contributed by atoms with Gasteiger partial charge in [0.1, 0.15) is 11.6 Å². The summed E-state index contributed by atoms with van der Waals surface area (Å²) in [5.41, 5.74) is 1.57. The van der Waals surface area contributed by atoms with E-state index in [0.717, 1.165) is 14.2 Å². The lowest BCUT2D eigenvalue weighted by Crippen LogP contribution is -1.96. The predicted octanol–water partition coefficient (Wildman–Crippen LogP) is 5.29. The highest BCUT2D eigenvalue weighted by Gasteiger charge is 2.18. The molecule has 0 aliphatic rings. The van der Waals surface area contributed by atoms with Gasteiger partial charge in [-0.1, -0.05) is 6.07 Å². The van der Waals surface area contributed by atoms with Crippen molar-refractivity contribution in [1.82, 2.24) is 0 Å². The van der Waals surface area contributed by atoms with E-state index in [9.17, 15) is 4.39 Å². The predicted molar refractivity (Wildman–Crippen MR) is 77.4 cm³/mol. The van der Waals surface area contributed by atoms with Gasteiger partial charge in [0.25, 0.3) is 0 Å². The lowest BCUT2D eigenvalue weighted by molar-refractivity contribution is 0.411. The molecular formula is C13H11BrClFOS. The SMILES string of the molecule is COc1ccc(C(Cl)c2cc(C)c(Br)s2)c(F)c1. The number of thiophene rings is 1. The Balaban J connectivity index is 2.36. The monoisotopic (exact) mass is 348 g/mol. The van der Waals surface area contributed by atoms with Crippen molar-refractivity contribution >= 4 is 38.9 Å². The zero-order valence-corrected chi connectivity index (χ0v) is 13.0. The third-order valence-corrected chi connectivity index (χ3v) is 5.41. The lowest BCUT2D eigenvalue weighted by Gasteiger charge is -2.10. The van der Waals surface area contributed by atoms with Crippen molar-refractivity contribution in [2.24, 2.45) is 0 Å². The first-order chi connectivity index (χ1) is 8.52. The van der Waals surface area contributed by atoms with Gasteiger partial charge in [-0.25, -0.2) is 4.39 Å². The first-order valence-electron chi connectivity index (χ1n) is 5.26. The minimum absolute atomic E-state index is 0.350. The third kappa shape index (κ3) is 2.71. The van der Waals surface area contributed by atoms with Gasteiger partial charge in [0.05, 0.1) is 16.3 Å². The molecule has 1 heterocycles. The van der Waals surface area contributed by atoms with E-state index in [1.165, 1.54) is 24.5 Å². The minimum atomic E-state index is -0.481. The van der Waals surface area contributed by atoms with Crippen molar-refractivity contribution < 1.29 is 9.13 Å². The summed E-state index contributed by atoms with van der Waals surface area (Å²) < 4.78 is 19.9. The number of alkyl halides is 1. The van der Waals surface area contributed by atoms with Gasteiger partial charge in [-0.2, -0.15) is 0 Å². The van der Waals surface area contributed by atoms with Crippen LogP contribution in [0.5, 0.6) is 5.75 Å². The molecule has 0 radical (unpaired) electrons. The fraction of sp³-hybridized carbons (Fsp3) is 0.231. The molecule has 1 atom stereocenters. The van der Waals surface area contributed by atoms with E-state index in [1.54, 1.807) is 12.1 Å². The van der Waals surface area contributed by atoms with Gasteiger partial charge >= 0.3 is 0 Å². The third-order valence-electron chi connectivity index (χ3n) is 2.61. The summed E-state index contributed by atoms with van der Waals surface area (Å²) in [5.74, 6) is 0.139. The second-order valence-electron chi connectivity index (χ2n) is 3.86. The normalized spacial score (nSPS) is 12.5. The number of rotatable bonds is 3. The number of benzene rings is 1. The Morgan fingerprint density at radius 2 is 2.11 bits per heavy atom. The molecular weight excluding hydrogens is 339 g/mol. The number of hydrogen-bond donors (Lipinski definition) is 0. The molecule has 0 spiro atoms. The second-order valence-corrected chi connectivity index (χ2v) is 6.69. The first-order valence-corrected chi connectivity index (χ1v) is 7.31. The standard InChI is InChI=1S/C13H11BrClFOS/c1-7-5-11(18-13(7)14)12(15)9-4-3-8(17-2)6-10(9)16/h3-6,12H,1-2H3. The van der Waals surface area contributed by atoms with E-state index in [1.807, 2.05) is 13.0 Å². The molecule has 0 saturated carbocycles. The average Bonchev–Trinajstić information content (AvgIpc) is 2.68. The Morgan fingerprint density at radius 1 is 1.39 bits per heavy atom. The average molecular weight is 350 g/mol. The Hall–Kier alpha value is -0.580. The van der Waals surface area contributed by atoms with E-state index < -0.39 is 5.38 Å². The fourth-order valence-electron chi connectivity index (χ4n) is 1.60. The highest BCUT2D eigenvalue weighted by Crippen LogP contribution is 2.39. The molecule has 2 rings (SSSR count). The molecule has 1 aromatic heterocycles. The van der Waals surface area contributed by atoms with Crippen LogP contribution in [-0.4, -0.2) is 7.11 Å². The summed E-state index contributed by atoms with van der Waals surface area (Å²) in [4.78, 5) is 0.921. The highest BCUT2D eigenvalue weighted by atomic mass is 79.9. The van der Waals surface area contributed by atoms with Gasteiger partial charge in [0.15, 0.2) is 0 Å². The van der Waals surface area contributed by atoms with E-state index >= 15 is 0 Å². The van der Waals surface area contributed by atoms with Crippen molar-refractivity contribution in [1.29, 1.82) is 0 Å². The van der Waals surface area contributed by atoms with Crippen LogP contribution in [-0.2, 0) is 0 Å². The van der Waals surface area contributed by atoms with E-state index in [4.69, 9.17) is 16.3 Å². The van der Waals surface area contributed by atoms with Crippen LogP contribution in [0.15, 0.2) is 28.1 Å². The molecule has 0 aliphatic carbocycles. The summed E-state index contributed by atoms with van der Waals surface area (Å²) >= 11 is 11.3. The molecule has 1 unspecified atom stereocenters. The van der Waals surface area contributed by atoms with Gasteiger partial charge in [0.2, 0.25) is 0 Å². The van der Waals surface area contributed by atoms with Crippen molar-refractivity contribution in [3.8, 4) is 5.75 Å². The second kappa shape index (κ2) is 5.59. The molecule has 1 aromatic carbocycles. The van der Waals surface area contributed by atoms with Gasteiger partial charge < -0.3 is 4.74 Å². The summed E-state index contributed by atoms with van der Waals surface area (Å²) in [6.07, 6.45) is 0. The molecule has 5 heteroatoms. The van der Waals surface area contributed by atoms with E-state index in [-0.39, 0.29) is 5.82 Å². The first kappa shape index (κ1) is 13.8. The van der Waals surface area contributed by atoms with Crippen LogP contribution in [0.4, 0.5) is 4.39 Å².